The second-order valence-corrected chi connectivity index (χ2v) is 10.8. The van der Waals surface area contributed by atoms with E-state index in [0.717, 1.165) is 43.4 Å². The molecule has 1 unspecified atom stereocenters. The number of halogens is 3. The summed E-state index contributed by atoms with van der Waals surface area (Å²) in [6.45, 7) is 2.02. The van der Waals surface area contributed by atoms with E-state index < -0.39 is 11.9 Å². The Morgan fingerprint density at radius 3 is 2.29 bits per heavy atom. The zero-order valence-corrected chi connectivity index (χ0v) is 18.4. The van der Waals surface area contributed by atoms with E-state index in [0.29, 0.717) is 24.1 Å². The second kappa shape index (κ2) is 7.80. The molecular formula is C24H34F3N3O. The molecule has 4 nitrogen and oxygen atoms in total. The third-order valence-electron chi connectivity index (χ3n) is 8.64. The average molecular weight is 438 g/mol. The van der Waals surface area contributed by atoms with Gasteiger partial charge >= 0.3 is 6.18 Å². The van der Waals surface area contributed by atoms with Crippen LogP contribution in [0.5, 0.6) is 0 Å². The third-order valence-corrected chi connectivity index (χ3v) is 8.64. The fraction of sp³-hybridized carbons (Fsp3) is 0.833. The first-order chi connectivity index (χ1) is 14.8. The van der Waals surface area contributed by atoms with Crippen molar-refractivity contribution in [1.82, 2.24) is 15.1 Å². The summed E-state index contributed by atoms with van der Waals surface area (Å²) in [6.07, 6.45) is 7.55. The molecule has 1 atom stereocenters. The van der Waals surface area contributed by atoms with Crippen molar-refractivity contribution in [3.63, 3.8) is 0 Å². The number of carbonyl (C=O) groups is 1. The lowest BCUT2D eigenvalue weighted by molar-refractivity contribution is -0.142. The molecule has 31 heavy (non-hydrogen) atoms. The van der Waals surface area contributed by atoms with Gasteiger partial charge in [0.2, 0.25) is 5.91 Å². The van der Waals surface area contributed by atoms with Crippen molar-refractivity contribution in [3.8, 4) is 0 Å². The number of hydrogen-bond donors (Lipinski definition) is 1. The van der Waals surface area contributed by atoms with Crippen LogP contribution in [0.4, 0.5) is 13.2 Å². The van der Waals surface area contributed by atoms with E-state index in [4.69, 9.17) is 0 Å². The molecule has 0 saturated heterocycles. The van der Waals surface area contributed by atoms with Crippen LogP contribution in [0.2, 0.25) is 0 Å². The van der Waals surface area contributed by atoms with Crippen LogP contribution in [0.15, 0.2) is 0 Å². The van der Waals surface area contributed by atoms with Crippen LogP contribution in [0, 0.1) is 23.2 Å². The van der Waals surface area contributed by atoms with Crippen molar-refractivity contribution in [2.24, 2.45) is 23.2 Å². The maximum Gasteiger partial charge on any atom is 0.435 e. The van der Waals surface area contributed by atoms with Gasteiger partial charge in [0.15, 0.2) is 5.69 Å². The van der Waals surface area contributed by atoms with Gasteiger partial charge in [0.25, 0.3) is 0 Å². The Hall–Kier alpha value is -1.53. The number of rotatable bonds is 5. The van der Waals surface area contributed by atoms with E-state index in [-0.39, 0.29) is 23.9 Å². The largest absolute Gasteiger partial charge is 0.435 e. The number of amides is 1. The molecule has 0 radical (unpaired) electrons. The molecular weight excluding hydrogens is 403 g/mol. The molecule has 0 aliphatic heterocycles. The number of nitrogens with one attached hydrogen (secondary N) is 1. The number of aromatic nitrogens is 2. The highest BCUT2D eigenvalue weighted by molar-refractivity contribution is 5.76. The van der Waals surface area contributed by atoms with E-state index in [1.54, 1.807) is 0 Å². The van der Waals surface area contributed by atoms with E-state index in [1.165, 1.54) is 43.2 Å². The highest BCUT2D eigenvalue weighted by atomic mass is 19.4. The van der Waals surface area contributed by atoms with E-state index in [2.05, 4.69) is 17.3 Å². The van der Waals surface area contributed by atoms with Crippen LogP contribution in [0.1, 0.15) is 88.1 Å². The molecule has 6 rings (SSSR count). The third kappa shape index (κ3) is 3.91. The van der Waals surface area contributed by atoms with Gasteiger partial charge in [0, 0.05) is 17.3 Å². The summed E-state index contributed by atoms with van der Waals surface area (Å²) in [6, 6.07) is 0.115. The summed E-state index contributed by atoms with van der Waals surface area (Å²) in [4.78, 5) is 13.1. The normalized spacial score (nSPS) is 33.1. The van der Waals surface area contributed by atoms with Crippen LogP contribution in [0.3, 0.4) is 0 Å². The molecule has 5 aliphatic rings. The first-order valence-electron chi connectivity index (χ1n) is 12.2. The SMILES string of the molecule is CCC(NC(=O)Cn1nc(C(F)(F)F)c2c1CCCCC2)C12CC3CC(CC(C3)C1)C2. The molecule has 4 saturated carbocycles. The van der Waals surface area contributed by atoms with E-state index in [1.807, 2.05) is 0 Å². The number of nitrogens with zero attached hydrogens (tertiary/aromatic N) is 2. The maximum absolute atomic E-state index is 13.6. The molecule has 1 amide bonds. The van der Waals surface area contributed by atoms with Gasteiger partial charge in [-0.2, -0.15) is 18.3 Å². The fourth-order valence-electron chi connectivity index (χ4n) is 7.87. The van der Waals surface area contributed by atoms with E-state index >= 15 is 0 Å². The Labute approximate surface area is 182 Å². The van der Waals surface area contributed by atoms with Crippen LogP contribution in [-0.2, 0) is 30.4 Å². The predicted octanol–water partition coefficient (Wildman–Crippen LogP) is 5.28. The molecule has 0 spiro atoms. The molecule has 0 aromatic carbocycles. The predicted molar refractivity (Wildman–Crippen MR) is 111 cm³/mol. The molecule has 7 heteroatoms. The van der Waals surface area contributed by atoms with Gasteiger partial charge in [-0.05, 0) is 93.8 Å². The summed E-state index contributed by atoms with van der Waals surface area (Å²) in [5.74, 6) is 2.21. The number of hydrogen-bond acceptors (Lipinski definition) is 2. The average Bonchev–Trinajstić information content (AvgIpc) is 2.86. The Morgan fingerprint density at radius 1 is 1.10 bits per heavy atom. The fourth-order valence-corrected chi connectivity index (χ4v) is 7.87. The monoisotopic (exact) mass is 437 g/mol. The molecule has 4 fully saturated rings. The Bertz CT molecular complexity index is 809. The quantitative estimate of drug-likeness (QED) is 0.637. The van der Waals surface area contributed by atoms with Crippen LogP contribution >= 0.6 is 0 Å². The standard InChI is InChI=1S/C24H34F3N3O/c1-2-20(23-11-15-8-16(12-23)10-17(9-15)13-23)28-21(31)14-30-19-7-5-3-4-6-18(19)22(29-30)24(25,26)27/h15-17,20H,2-14H2,1H3,(H,28,31). The van der Waals surface area contributed by atoms with Crippen molar-refractivity contribution in [2.75, 3.05) is 0 Å². The van der Waals surface area contributed by atoms with Crippen molar-refractivity contribution in [3.05, 3.63) is 17.0 Å². The second-order valence-electron chi connectivity index (χ2n) is 10.8. The molecule has 172 valence electrons. The van der Waals surface area contributed by atoms with Gasteiger partial charge in [0.1, 0.15) is 6.54 Å². The molecule has 5 aliphatic carbocycles. The number of carbonyl (C=O) groups excluding carboxylic acids is 1. The first kappa shape index (κ1) is 21.3. The molecule has 1 aromatic heterocycles. The molecule has 1 N–H and O–H groups in total. The summed E-state index contributed by atoms with van der Waals surface area (Å²) in [5, 5.41) is 7.16. The lowest BCUT2D eigenvalue weighted by Gasteiger charge is -2.59. The molecule has 1 heterocycles. The van der Waals surface area contributed by atoms with Gasteiger partial charge < -0.3 is 5.32 Å². The smallest absolute Gasteiger partial charge is 0.351 e. The highest BCUT2D eigenvalue weighted by Crippen LogP contribution is 2.61. The summed E-state index contributed by atoms with van der Waals surface area (Å²) < 4.78 is 42.1. The van der Waals surface area contributed by atoms with Crippen LogP contribution < -0.4 is 5.32 Å². The highest BCUT2D eigenvalue weighted by Gasteiger charge is 2.54. The van der Waals surface area contributed by atoms with Crippen molar-refractivity contribution in [1.29, 1.82) is 0 Å². The lowest BCUT2D eigenvalue weighted by Crippen LogP contribution is -2.57. The lowest BCUT2D eigenvalue weighted by atomic mass is 9.47. The van der Waals surface area contributed by atoms with Crippen molar-refractivity contribution in [2.45, 2.75) is 103 Å². The Morgan fingerprint density at radius 2 is 1.71 bits per heavy atom. The molecule has 1 aromatic rings. The van der Waals surface area contributed by atoms with Crippen LogP contribution in [-0.4, -0.2) is 21.7 Å². The van der Waals surface area contributed by atoms with Gasteiger partial charge in [-0.3, -0.25) is 9.48 Å². The minimum atomic E-state index is -4.47. The van der Waals surface area contributed by atoms with Gasteiger partial charge in [0.05, 0.1) is 0 Å². The number of fused-ring (bicyclic) bond motifs is 1. The van der Waals surface area contributed by atoms with Gasteiger partial charge in [-0.1, -0.05) is 13.3 Å². The Balaban J connectivity index is 1.34. The first-order valence-corrected chi connectivity index (χ1v) is 12.2. The summed E-state index contributed by atoms with van der Waals surface area (Å²) in [7, 11) is 0. The summed E-state index contributed by atoms with van der Waals surface area (Å²) >= 11 is 0. The minimum absolute atomic E-state index is 0.110. The zero-order valence-electron chi connectivity index (χ0n) is 18.4. The van der Waals surface area contributed by atoms with Crippen LogP contribution in [0.25, 0.3) is 0 Å². The van der Waals surface area contributed by atoms with Crippen molar-refractivity contribution < 1.29 is 18.0 Å². The topological polar surface area (TPSA) is 46.9 Å². The number of alkyl halides is 3. The minimum Gasteiger partial charge on any atom is -0.351 e. The molecule has 4 bridgehead atoms. The van der Waals surface area contributed by atoms with Crippen molar-refractivity contribution >= 4 is 5.91 Å². The van der Waals surface area contributed by atoms with Gasteiger partial charge in [-0.15, -0.1) is 0 Å². The van der Waals surface area contributed by atoms with Gasteiger partial charge in [-0.25, -0.2) is 0 Å². The zero-order chi connectivity index (χ0) is 21.8. The summed E-state index contributed by atoms with van der Waals surface area (Å²) in [5.41, 5.74) is 0.330. The Kier molecular flexibility index (Phi) is 5.37. The van der Waals surface area contributed by atoms with E-state index in [9.17, 15) is 18.0 Å². The maximum atomic E-state index is 13.6.